The summed E-state index contributed by atoms with van der Waals surface area (Å²) in [5.41, 5.74) is 0.795. The molecule has 0 saturated carbocycles. The number of aromatic hydroxyl groups is 1. The Kier molecular flexibility index (Phi) is 2.55. The van der Waals surface area contributed by atoms with Gasteiger partial charge in [0.15, 0.2) is 9.84 Å². The summed E-state index contributed by atoms with van der Waals surface area (Å²) in [6, 6.07) is 3.29. The van der Waals surface area contributed by atoms with Crippen molar-refractivity contribution < 1.29 is 13.5 Å². The molecule has 0 amide bonds. The zero-order chi connectivity index (χ0) is 12.8. The first-order valence-corrected chi connectivity index (χ1v) is 7.67. The molecule has 18 heavy (non-hydrogen) atoms. The maximum atomic E-state index is 12.1. The van der Waals surface area contributed by atoms with Crippen molar-refractivity contribution in [3.05, 3.63) is 30.4 Å². The van der Waals surface area contributed by atoms with Gasteiger partial charge in [-0.3, -0.25) is 4.40 Å². The van der Waals surface area contributed by atoms with Gasteiger partial charge in [0.25, 0.3) is 0 Å². The number of aromatic nitrogens is 2. The Morgan fingerprint density at radius 3 is 2.94 bits per heavy atom. The van der Waals surface area contributed by atoms with E-state index in [2.05, 4.69) is 4.98 Å². The summed E-state index contributed by atoms with van der Waals surface area (Å²) in [5.74, 6) is 0.848. The SMILES string of the molecule is O=S1(=O)CCCCC1c1ncc2ccc(O)cn12. The summed E-state index contributed by atoms with van der Waals surface area (Å²) in [6.45, 7) is 0. The minimum atomic E-state index is -3.12. The first-order valence-electron chi connectivity index (χ1n) is 5.95. The number of imidazole rings is 1. The van der Waals surface area contributed by atoms with Crippen molar-refractivity contribution in [1.82, 2.24) is 9.38 Å². The molecule has 0 aliphatic carbocycles. The fourth-order valence-corrected chi connectivity index (χ4v) is 4.39. The highest BCUT2D eigenvalue weighted by atomic mass is 32.2. The summed E-state index contributed by atoms with van der Waals surface area (Å²) in [4.78, 5) is 4.23. The summed E-state index contributed by atoms with van der Waals surface area (Å²) in [7, 11) is -3.12. The van der Waals surface area contributed by atoms with Crippen LogP contribution >= 0.6 is 0 Å². The van der Waals surface area contributed by atoms with Crippen LogP contribution in [0.25, 0.3) is 5.52 Å². The third-order valence-electron chi connectivity index (χ3n) is 3.41. The molecule has 2 aromatic heterocycles. The van der Waals surface area contributed by atoms with Crippen molar-refractivity contribution in [2.45, 2.75) is 24.5 Å². The average molecular weight is 266 g/mol. The number of nitrogens with zero attached hydrogens (tertiary/aromatic N) is 2. The van der Waals surface area contributed by atoms with Crippen LogP contribution in [0.3, 0.4) is 0 Å². The molecule has 96 valence electrons. The molecule has 1 atom stereocenters. The van der Waals surface area contributed by atoms with Crippen molar-refractivity contribution >= 4 is 15.4 Å². The van der Waals surface area contributed by atoms with E-state index < -0.39 is 15.1 Å². The highest BCUT2D eigenvalue weighted by molar-refractivity contribution is 7.91. The predicted molar refractivity (Wildman–Crippen MR) is 67.2 cm³/mol. The van der Waals surface area contributed by atoms with E-state index in [0.717, 1.165) is 18.4 Å². The molecule has 0 radical (unpaired) electrons. The van der Waals surface area contributed by atoms with Crippen LogP contribution in [-0.4, -0.2) is 28.7 Å². The lowest BCUT2D eigenvalue weighted by molar-refractivity contribution is 0.471. The fraction of sp³-hybridized carbons (Fsp3) is 0.417. The second kappa shape index (κ2) is 3.98. The van der Waals surface area contributed by atoms with Crippen LogP contribution in [0, 0.1) is 0 Å². The number of pyridine rings is 1. The Morgan fingerprint density at radius 1 is 1.33 bits per heavy atom. The Labute approximate surface area is 105 Å². The van der Waals surface area contributed by atoms with Gasteiger partial charge in [0.05, 0.1) is 23.7 Å². The van der Waals surface area contributed by atoms with Gasteiger partial charge in [0.2, 0.25) is 0 Å². The van der Waals surface area contributed by atoms with E-state index in [1.807, 2.05) is 0 Å². The predicted octanol–water partition coefficient (Wildman–Crippen LogP) is 1.68. The van der Waals surface area contributed by atoms with Gasteiger partial charge in [-0.25, -0.2) is 13.4 Å². The molecule has 1 N–H and O–H groups in total. The van der Waals surface area contributed by atoms with Gasteiger partial charge >= 0.3 is 0 Å². The van der Waals surface area contributed by atoms with Crippen LogP contribution in [0.4, 0.5) is 0 Å². The van der Waals surface area contributed by atoms with Crippen LogP contribution in [0.15, 0.2) is 24.5 Å². The minimum absolute atomic E-state index is 0.106. The van der Waals surface area contributed by atoms with E-state index in [1.54, 1.807) is 22.7 Å². The molecular weight excluding hydrogens is 252 g/mol. The normalized spacial score (nSPS) is 23.2. The van der Waals surface area contributed by atoms with Gasteiger partial charge in [-0.1, -0.05) is 6.42 Å². The molecule has 1 saturated heterocycles. The summed E-state index contributed by atoms with van der Waals surface area (Å²) in [6.07, 6.45) is 5.39. The molecule has 1 fully saturated rings. The number of fused-ring (bicyclic) bond motifs is 1. The molecular formula is C12H14N2O3S. The molecule has 6 heteroatoms. The second-order valence-corrected chi connectivity index (χ2v) is 6.95. The maximum absolute atomic E-state index is 12.1. The zero-order valence-electron chi connectivity index (χ0n) is 9.78. The molecule has 0 spiro atoms. The van der Waals surface area contributed by atoms with Crippen molar-refractivity contribution in [1.29, 1.82) is 0 Å². The summed E-state index contributed by atoms with van der Waals surface area (Å²) in [5, 5.41) is 8.96. The topological polar surface area (TPSA) is 71.7 Å². The smallest absolute Gasteiger partial charge is 0.160 e. The van der Waals surface area contributed by atoms with Crippen LogP contribution in [0.5, 0.6) is 5.75 Å². The molecule has 0 aromatic carbocycles. The van der Waals surface area contributed by atoms with Crippen molar-refractivity contribution in [2.75, 3.05) is 5.75 Å². The standard InChI is InChI=1S/C12H14N2O3S/c15-10-5-4-9-7-13-12(14(9)8-10)11-3-1-2-6-18(11,16)17/h4-5,7-8,11,15H,1-3,6H2. The maximum Gasteiger partial charge on any atom is 0.160 e. The lowest BCUT2D eigenvalue weighted by atomic mass is 10.2. The van der Waals surface area contributed by atoms with Gasteiger partial charge in [0.1, 0.15) is 16.8 Å². The van der Waals surface area contributed by atoms with Crippen LogP contribution < -0.4 is 0 Å². The Bertz CT molecular complexity index is 690. The third kappa shape index (κ3) is 1.77. The lowest BCUT2D eigenvalue weighted by Crippen LogP contribution is -2.23. The van der Waals surface area contributed by atoms with E-state index in [0.29, 0.717) is 12.2 Å². The van der Waals surface area contributed by atoms with E-state index >= 15 is 0 Å². The van der Waals surface area contributed by atoms with Crippen LogP contribution in [-0.2, 0) is 9.84 Å². The minimum Gasteiger partial charge on any atom is -0.506 e. The van der Waals surface area contributed by atoms with E-state index in [-0.39, 0.29) is 11.5 Å². The molecule has 5 nitrogen and oxygen atoms in total. The molecule has 1 aliphatic heterocycles. The Hall–Kier alpha value is -1.56. The van der Waals surface area contributed by atoms with Gasteiger partial charge in [-0.2, -0.15) is 0 Å². The van der Waals surface area contributed by atoms with Gasteiger partial charge in [-0.15, -0.1) is 0 Å². The fourth-order valence-electron chi connectivity index (χ4n) is 2.48. The number of hydrogen-bond acceptors (Lipinski definition) is 4. The number of sulfone groups is 1. The highest BCUT2D eigenvalue weighted by Gasteiger charge is 2.33. The first kappa shape index (κ1) is 11.5. The van der Waals surface area contributed by atoms with E-state index in [9.17, 15) is 13.5 Å². The lowest BCUT2D eigenvalue weighted by Gasteiger charge is -2.21. The van der Waals surface area contributed by atoms with Gasteiger partial charge in [0, 0.05) is 0 Å². The summed E-state index contributed by atoms with van der Waals surface area (Å²) >= 11 is 0. The molecule has 1 aliphatic rings. The van der Waals surface area contributed by atoms with Crippen molar-refractivity contribution in [3.63, 3.8) is 0 Å². The zero-order valence-corrected chi connectivity index (χ0v) is 10.6. The quantitative estimate of drug-likeness (QED) is 0.852. The highest BCUT2D eigenvalue weighted by Crippen LogP contribution is 2.33. The van der Waals surface area contributed by atoms with Crippen LogP contribution in [0.1, 0.15) is 30.3 Å². The number of hydrogen-bond donors (Lipinski definition) is 1. The van der Waals surface area contributed by atoms with E-state index in [1.165, 1.54) is 6.20 Å². The second-order valence-electron chi connectivity index (χ2n) is 4.65. The van der Waals surface area contributed by atoms with Crippen LogP contribution in [0.2, 0.25) is 0 Å². The first-order chi connectivity index (χ1) is 8.58. The summed E-state index contributed by atoms with van der Waals surface area (Å²) < 4.78 is 25.9. The van der Waals surface area contributed by atoms with Crippen molar-refractivity contribution in [3.8, 4) is 5.75 Å². The monoisotopic (exact) mass is 266 g/mol. The Balaban J connectivity index is 2.16. The number of rotatable bonds is 1. The molecule has 2 aromatic rings. The van der Waals surface area contributed by atoms with E-state index in [4.69, 9.17) is 0 Å². The molecule has 1 unspecified atom stereocenters. The average Bonchev–Trinajstić information content (AvgIpc) is 2.71. The molecule has 3 heterocycles. The largest absolute Gasteiger partial charge is 0.506 e. The Morgan fingerprint density at radius 2 is 2.17 bits per heavy atom. The molecule has 0 bridgehead atoms. The van der Waals surface area contributed by atoms with Gasteiger partial charge < -0.3 is 5.11 Å². The third-order valence-corrected chi connectivity index (χ3v) is 5.58. The van der Waals surface area contributed by atoms with Gasteiger partial charge in [-0.05, 0) is 25.0 Å². The van der Waals surface area contributed by atoms with Crippen molar-refractivity contribution in [2.24, 2.45) is 0 Å². The molecule has 3 rings (SSSR count).